The minimum absolute atomic E-state index is 0.0135. The molecule has 1 heterocycles. The molecule has 0 aromatic heterocycles. The Bertz CT molecular complexity index is 505. The Balaban J connectivity index is 1.93. The Hall–Kier alpha value is -1.11. The van der Waals surface area contributed by atoms with Crippen LogP contribution in [0, 0.1) is 0 Å². The molecule has 0 radical (unpaired) electrons. The van der Waals surface area contributed by atoms with Gasteiger partial charge < -0.3 is 10.6 Å². The van der Waals surface area contributed by atoms with Crippen molar-refractivity contribution in [1.82, 2.24) is 9.62 Å². The first-order chi connectivity index (χ1) is 8.94. The standard InChI is InChI=1S/C13H21N3O2S/c1-16-8-6-13(7-9-16)15-19(17,18)10-11-2-4-12(14)5-3-11/h2-5,13,15H,6-10,14H2,1H3. The van der Waals surface area contributed by atoms with Crippen molar-refractivity contribution in [1.29, 1.82) is 0 Å². The average Bonchev–Trinajstić information content (AvgIpc) is 2.34. The number of likely N-dealkylation sites (tertiary alicyclic amines) is 1. The summed E-state index contributed by atoms with van der Waals surface area (Å²) in [5.74, 6) is 0.0135. The van der Waals surface area contributed by atoms with Crippen LogP contribution in [-0.4, -0.2) is 39.5 Å². The van der Waals surface area contributed by atoms with Crippen LogP contribution in [0.25, 0.3) is 0 Å². The molecule has 0 saturated carbocycles. The molecule has 0 unspecified atom stereocenters. The number of hydrogen-bond donors (Lipinski definition) is 2. The Kier molecular flexibility index (Phi) is 4.44. The number of nitrogens with one attached hydrogen (secondary N) is 1. The van der Waals surface area contributed by atoms with Gasteiger partial charge in [-0.2, -0.15) is 0 Å². The van der Waals surface area contributed by atoms with Crippen LogP contribution in [0.5, 0.6) is 0 Å². The number of piperidine rings is 1. The first-order valence-corrected chi connectivity index (χ1v) is 8.13. The van der Waals surface area contributed by atoms with Gasteiger partial charge in [0.2, 0.25) is 10.0 Å². The van der Waals surface area contributed by atoms with E-state index in [1.54, 1.807) is 24.3 Å². The molecule has 0 spiro atoms. The highest BCUT2D eigenvalue weighted by molar-refractivity contribution is 7.88. The predicted molar refractivity (Wildman–Crippen MR) is 77.1 cm³/mol. The fraction of sp³-hybridized carbons (Fsp3) is 0.538. The topological polar surface area (TPSA) is 75.4 Å². The summed E-state index contributed by atoms with van der Waals surface area (Å²) in [5.41, 5.74) is 6.99. The van der Waals surface area contributed by atoms with Gasteiger partial charge in [-0.1, -0.05) is 12.1 Å². The minimum Gasteiger partial charge on any atom is -0.399 e. The van der Waals surface area contributed by atoms with Crippen molar-refractivity contribution in [3.05, 3.63) is 29.8 Å². The molecule has 1 saturated heterocycles. The monoisotopic (exact) mass is 283 g/mol. The summed E-state index contributed by atoms with van der Waals surface area (Å²) in [4.78, 5) is 2.21. The van der Waals surface area contributed by atoms with Gasteiger partial charge in [0.15, 0.2) is 0 Å². The maximum Gasteiger partial charge on any atom is 0.216 e. The molecule has 1 aliphatic heterocycles. The van der Waals surface area contributed by atoms with E-state index in [1.165, 1.54) is 0 Å². The van der Waals surface area contributed by atoms with E-state index in [4.69, 9.17) is 5.73 Å². The molecule has 1 aliphatic rings. The van der Waals surface area contributed by atoms with E-state index in [9.17, 15) is 8.42 Å². The van der Waals surface area contributed by atoms with Crippen LogP contribution in [0.1, 0.15) is 18.4 Å². The summed E-state index contributed by atoms with van der Waals surface area (Å²) >= 11 is 0. The zero-order valence-corrected chi connectivity index (χ0v) is 12.0. The van der Waals surface area contributed by atoms with Crippen molar-refractivity contribution in [2.45, 2.75) is 24.6 Å². The van der Waals surface area contributed by atoms with E-state index in [-0.39, 0.29) is 11.8 Å². The van der Waals surface area contributed by atoms with Crippen LogP contribution in [-0.2, 0) is 15.8 Å². The van der Waals surface area contributed by atoms with Crippen molar-refractivity contribution in [2.24, 2.45) is 0 Å². The Morgan fingerprint density at radius 1 is 1.26 bits per heavy atom. The summed E-state index contributed by atoms with van der Waals surface area (Å²) < 4.78 is 27.0. The van der Waals surface area contributed by atoms with Crippen molar-refractivity contribution < 1.29 is 8.42 Å². The zero-order chi connectivity index (χ0) is 13.9. The van der Waals surface area contributed by atoms with Gasteiger partial charge >= 0.3 is 0 Å². The van der Waals surface area contributed by atoms with Crippen LogP contribution in [0.2, 0.25) is 0 Å². The molecule has 106 valence electrons. The SMILES string of the molecule is CN1CCC(NS(=O)(=O)Cc2ccc(N)cc2)CC1. The van der Waals surface area contributed by atoms with Gasteiger partial charge in [0.1, 0.15) is 0 Å². The van der Waals surface area contributed by atoms with Gasteiger partial charge in [0, 0.05) is 11.7 Å². The van der Waals surface area contributed by atoms with E-state index in [2.05, 4.69) is 16.7 Å². The molecule has 1 aromatic carbocycles. The Morgan fingerprint density at radius 3 is 2.42 bits per heavy atom. The molecule has 1 fully saturated rings. The molecule has 19 heavy (non-hydrogen) atoms. The van der Waals surface area contributed by atoms with Crippen LogP contribution in [0.15, 0.2) is 24.3 Å². The summed E-state index contributed by atoms with van der Waals surface area (Å²) in [5, 5.41) is 0. The van der Waals surface area contributed by atoms with Gasteiger partial charge in [-0.3, -0.25) is 0 Å². The molecule has 2 rings (SSSR count). The third-order valence-electron chi connectivity index (χ3n) is 3.40. The van der Waals surface area contributed by atoms with E-state index >= 15 is 0 Å². The number of nitrogen functional groups attached to an aromatic ring is 1. The maximum atomic E-state index is 12.1. The lowest BCUT2D eigenvalue weighted by atomic mass is 10.1. The smallest absolute Gasteiger partial charge is 0.216 e. The first kappa shape index (κ1) is 14.3. The van der Waals surface area contributed by atoms with E-state index in [0.717, 1.165) is 31.5 Å². The summed E-state index contributed by atoms with van der Waals surface area (Å²) in [6.45, 7) is 1.88. The average molecular weight is 283 g/mol. The Labute approximate surface area is 114 Å². The highest BCUT2D eigenvalue weighted by atomic mass is 32.2. The third-order valence-corrected chi connectivity index (χ3v) is 4.81. The van der Waals surface area contributed by atoms with Crippen LogP contribution < -0.4 is 10.5 Å². The van der Waals surface area contributed by atoms with Crippen LogP contribution in [0.4, 0.5) is 5.69 Å². The van der Waals surface area contributed by atoms with E-state index < -0.39 is 10.0 Å². The summed E-state index contributed by atoms with van der Waals surface area (Å²) in [6, 6.07) is 7.02. The number of rotatable bonds is 4. The van der Waals surface area contributed by atoms with E-state index in [1.807, 2.05) is 0 Å². The molecular formula is C13H21N3O2S. The second-order valence-electron chi connectivity index (χ2n) is 5.20. The van der Waals surface area contributed by atoms with Crippen LogP contribution >= 0.6 is 0 Å². The van der Waals surface area contributed by atoms with Gasteiger partial charge in [-0.25, -0.2) is 13.1 Å². The molecule has 6 heteroatoms. The molecule has 0 amide bonds. The van der Waals surface area contributed by atoms with Crippen molar-refractivity contribution in [3.63, 3.8) is 0 Å². The summed E-state index contributed by atoms with van der Waals surface area (Å²) in [7, 11) is -1.22. The molecular weight excluding hydrogens is 262 g/mol. The normalized spacial score (nSPS) is 18.6. The second kappa shape index (κ2) is 5.90. The number of sulfonamides is 1. The van der Waals surface area contributed by atoms with Crippen molar-refractivity contribution in [3.8, 4) is 0 Å². The molecule has 3 N–H and O–H groups in total. The number of hydrogen-bond acceptors (Lipinski definition) is 4. The lowest BCUT2D eigenvalue weighted by Crippen LogP contribution is -2.43. The fourth-order valence-corrected chi connectivity index (χ4v) is 3.71. The third kappa shape index (κ3) is 4.49. The van der Waals surface area contributed by atoms with Gasteiger partial charge in [-0.05, 0) is 50.7 Å². The molecule has 5 nitrogen and oxygen atoms in total. The number of benzene rings is 1. The quantitative estimate of drug-likeness (QED) is 0.801. The molecule has 0 bridgehead atoms. The van der Waals surface area contributed by atoms with Gasteiger partial charge in [-0.15, -0.1) is 0 Å². The fourth-order valence-electron chi connectivity index (χ4n) is 2.26. The highest BCUT2D eigenvalue weighted by Gasteiger charge is 2.22. The number of nitrogens with two attached hydrogens (primary N) is 1. The first-order valence-electron chi connectivity index (χ1n) is 6.47. The van der Waals surface area contributed by atoms with E-state index in [0.29, 0.717) is 5.69 Å². The lowest BCUT2D eigenvalue weighted by molar-refractivity contribution is 0.248. The van der Waals surface area contributed by atoms with Crippen LogP contribution in [0.3, 0.4) is 0 Å². The second-order valence-corrected chi connectivity index (χ2v) is 6.95. The predicted octanol–water partition coefficient (Wildman–Crippen LogP) is 0.782. The van der Waals surface area contributed by atoms with Crippen molar-refractivity contribution in [2.75, 3.05) is 25.9 Å². The maximum absolute atomic E-state index is 12.1. The molecule has 0 atom stereocenters. The Morgan fingerprint density at radius 2 is 1.84 bits per heavy atom. The minimum atomic E-state index is -3.27. The lowest BCUT2D eigenvalue weighted by Gasteiger charge is -2.29. The largest absolute Gasteiger partial charge is 0.399 e. The highest BCUT2D eigenvalue weighted by Crippen LogP contribution is 2.12. The van der Waals surface area contributed by atoms with Crippen molar-refractivity contribution >= 4 is 15.7 Å². The number of anilines is 1. The van der Waals surface area contributed by atoms with Gasteiger partial charge in [0.25, 0.3) is 0 Å². The van der Waals surface area contributed by atoms with Gasteiger partial charge in [0.05, 0.1) is 5.75 Å². The molecule has 1 aromatic rings. The molecule has 0 aliphatic carbocycles. The number of nitrogens with zero attached hydrogens (tertiary/aromatic N) is 1. The zero-order valence-electron chi connectivity index (χ0n) is 11.2. The summed E-state index contributed by atoms with van der Waals surface area (Å²) in [6.07, 6.45) is 1.74.